The van der Waals surface area contributed by atoms with E-state index in [1.807, 2.05) is 0 Å². The second-order valence-electron chi connectivity index (χ2n) is 6.63. The van der Waals surface area contributed by atoms with Gasteiger partial charge in [-0.25, -0.2) is 9.36 Å². The lowest BCUT2D eigenvalue weighted by molar-refractivity contribution is -0.137. The molecule has 0 unspecified atom stereocenters. The Morgan fingerprint density at radius 2 is 1.76 bits per heavy atom. The van der Waals surface area contributed by atoms with Crippen LogP contribution in [-0.4, -0.2) is 9.13 Å². The van der Waals surface area contributed by atoms with Crippen LogP contribution in [0.1, 0.15) is 16.7 Å². The Hall–Kier alpha value is -3.13. The van der Waals surface area contributed by atoms with E-state index in [1.165, 1.54) is 28.0 Å². The van der Waals surface area contributed by atoms with Gasteiger partial charge in [0.2, 0.25) is 0 Å². The fourth-order valence-corrected chi connectivity index (χ4v) is 4.12. The number of fused-ring (bicyclic) bond motifs is 1. The third-order valence-electron chi connectivity index (χ3n) is 4.71. The first kappa shape index (κ1) is 19.2. The van der Waals surface area contributed by atoms with Gasteiger partial charge in [0.1, 0.15) is 4.70 Å². The lowest BCUT2D eigenvalue weighted by atomic mass is 10.1. The van der Waals surface area contributed by atoms with Crippen LogP contribution in [0.5, 0.6) is 0 Å². The molecule has 0 aliphatic carbocycles. The van der Waals surface area contributed by atoms with Gasteiger partial charge >= 0.3 is 11.9 Å². The zero-order valence-electron chi connectivity index (χ0n) is 15.2. The molecule has 0 amide bonds. The maximum absolute atomic E-state index is 13.2. The fourth-order valence-electron chi connectivity index (χ4n) is 3.30. The van der Waals surface area contributed by atoms with Gasteiger partial charge in [0.25, 0.3) is 5.56 Å². The zero-order chi connectivity index (χ0) is 20.8. The predicted molar refractivity (Wildman–Crippen MR) is 107 cm³/mol. The number of alkyl halides is 3. The molecule has 0 spiro atoms. The summed E-state index contributed by atoms with van der Waals surface area (Å²) < 4.78 is 42.0. The molecule has 0 saturated carbocycles. The Kier molecular flexibility index (Phi) is 4.66. The van der Waals surface area contributed by atoms with Gasteiger partial charge in [0.05, 0.1) is 23.3 Å². The Morgan fingerprint density at radius 3 is 2.48 bits per heavy atom. The van der Waals surface area contributed by atoms with E-state index in [9.17, 15) is 22.8 Å². The highest BCUT2D eigenvalue weighted by Crippen LogP contribution is 2.30. The summed E-state index contributed by atoms with van der Waals surface area (Å²) in [5, 5.41) is 1.69. The van der Waals surface area contributed by atoms with E-state index in [4.69, 9.17) is 0 Å². The number of aryl methyl sites for hydroxylation is 1. The average Bonchev–Trinajstić information content (AvgIpc) is 3.16. The minimum Gasteiger partial charge on any atom is -0.288 e. The quantitative estimate of drug-likeness (QED) is 0.490. The highest BCUT2D eigenvalue weighted by molar-refractivity contribution is 7.17. The van der Waals surface area contributed by atoms with Crippen LogP contribution in [0.4, 0.5) is 13.2 Å². The van der Waals surface area contributed by atoms with E-state index in [1.54, 1.807) is 42.6 Å². The minimum absolute atomic E-state index is 0.0812. The highest BCUT2D eigenvalue weighted by Gasteiger charge is 2.30. The molecule has 0 radical (unpaired) electrons. The number of nitrogens with zero attached hydrogens (tertiary/aromatic N) is 2. The van der Waals surface area contributed by atoms with Gasteiger partial charge in [0.15, 0.2) is 0 Å². The number of thiophene rings is 1. The van der Waals surface area contributed by atoms with Crippen LogP contribution in [0.25, 0.3) is 15.9 Å². The molecule has 0 fully saturated rings. The van der Waals surface area contributed by atoms with Crippen LogP contribution in [0, 0.1) is 6.92 Å². The number of hydrogen-bond acceptors (Lipinski definition) is 3. The fraction of sp³-hybridized carbons (Fsp3) is 0.143. The number of hydrogen-bond donors (Lipinski definition) is 0. The van der Waals surface area contributed by atoms with Crippen molar-refractivity contribution in [2.75, 3.05) is 0 Å². The van der Waals surface area contributed by atoms with Crippen molar-refractivity contribution in [3.8, 4) is 5.69 Å². The van der Waals surface area contributed by atoms with Crippen molar-refractivity contribution >= 4 is 21.6 Å². The minimum atomic E-state index is -4.47. The van der Waals surface area contributed by atoms with E-state index < -0.39 is 23.0 Å². The SMILES string of the molecule is Cc1ccccc1-n1c(=O)c2sccc2n(Cc2cccc(C(F)(F)F)c2)c1=O. The summed E-state index contributed by atoms with van der Waals surface area (Å²) in [6.45, 7) is 1.71. The molecule has 29 heavy (non-hydrogen) atoms. The van der Waals surface area contributed by atoms with Crippen LogP contribution >= 0.6 is 11.3 Å². The highest BCUT2D eigenvalue weighted by atomic mass is 32.1. The van der Waals surface area contributed by atoms with E-state index >= 15 is 0 Å². The summed E-state index contributed by atoms with van der Waals surface area (Å²) in [5.41, 5.74) is 0.125. The van der Waals surface area contributed by atoms with Gasteiger partial charge in [-0.3, -0.25) is 9.36 Å². The standard InChI is InChI=1S/C21H15F3N2O2S/c1-13-5-2-3-8-16(13)26-19(27)18-17(9-10-29-18)25(20(26)28)12-14-6-4-7-15(11-14)21(22,23)24/h2-11H,12H2,1H3. The predicted octanol–water partition coefficient (Wildman–Crippen LogP) is 4.59. The van der Waals surface area contributed by atoms with Gasteiger partial charge < -0.3 is 0 Å². The molecule has 8 heteroatoms. The molecular formula is C21H15F3N2O2S. The number of aromatic nitrogens is 2. The van der Waals surface area contributed by atoms with Crippen molar-refractivity contribution in [2.45, 2.75) is 19.6 Å². The van der Waals surface area contributed by atoms with E-state index in [0.29, 0.717) is 21.5 Å². The van der Waals surface area contributed by atoms with Crippen LogP contribution in [-0.2, 0) is 12.7 Å². The first-order chi connectivity index (χ1) is 13.8. The smallest absolute Gasteiger partial charge is 0.288 e. The third kappa shape index (κ3) is 3.40. The summed E-state index contributed by atoms with van der Waals surface area (Å²) in [6.07, 6.45) is -4.47. The van der Waals surface area contributed by atoms with Gasteiger partial charge in [-0.1, -0.05) is 30.3 Å². The maximum atomic E-state index is 13.2. The number of rotatable bonds is 3. The van der Waals surface area contributed by atoms with Crippen LogP contribution < -0.4 is 11.2 Å². The van der Waals surface area contributed by atoms with Crippen molar-refractivity contribution in [1.29, 1.82) is 0 Å². The Labute approximate surface area is 167 Å². The van der Waals surface area contributed by atoms with E-state index in [0.717, 1.165) is 22.3 Å². The second-order valence-corrected chi connectivity index (χ2v) is 7.54. The first-order valence-electron chi connectivity index (χ1n) is 8.72. The number of halogens is 3. The van der Waals surface area contributed by atoms with Crippen molar-refractivity contribution in [3.05, 3.63) is 97.5 Å². The Bertz CT molecular complexity index is 1330. The summed E-state index contributed by atoms with van der Waals surface area (Å²) >= 11 is 1.20. The summed E-state index contributed by atoms with van der Waals surface area (Å²) in [7, 11) is 0. The van der Waals surface area contributed by atoms with E-state index in [-0.39, 0.29) is 6.54 Å². The van der Waals surface area contributed by atoms with Gasteiger partial charge in [-0.2, -0.15) is 13.2 Å². The summed E-state index contributed by atoms with van der Waals surface area (Å²) in [5.74, 6) is 0. The lowest BCUT2D eigenvalue weighted by Gasteiger charge is -2.14. The van der Waals surface area contributed by atoms with Crippen LogP contribution in [0.2, 0.25) is 0 Å². The first-order valence-corrected chi connectivity index (χ1v) is 9.60. The molecule has 4 aromatic rings. The molecule has 0 N–H and O–H groups in total. The Balaban J connectivity index is 1.95. The molecule has 4 nitrogen and oxygen atoms in total. The summed E-state index contributed by atoms with van der Waals surface area (Å²) in [4.78, 5) is 26.2. The molecule has 2 aromatic carbocycles. The molecule has 0 aliphatic heterocycles. The maximum Gasteiger partial charge on any atom is 0.416 e. The Morgan fingerprint density at radius 1 is 1.00 bits per heavy atom. The molecule has 4 rings (SSSR count). The largest absolute Gasteiger partial charge is 0.416 e. The van der Waals surface area contributed by atoms with Crippen LogP contribution in [0.3, 0.4) is 0 Å². The number of para-hydroxylation sites is 1. The van der Waals surface area contributed by atoms with Crippen molar-refractivity contribution in [1.82, 2.24) is 9.13 Å². The molecule has 0 atom stereocenters. The molecule has 2 heterocycles. The summed E-state index contributed by atoms with van der Waals surface area (Å²) in [6, 6.07) is 13.5. The van der Waals surface area contributed by atoms with E-state index in [2.05, 4.69) is 0 Å². The average molecular weight is 416 g/mol. The molecule has 2 aromatic heterocycles. The molecule has 0 saturated heterocycles. The molecular weight excluding hydrogens is 401 g/mol. The third-order valence-corrected chi connectivity index (χ3v) is 5.60. The second kappa shape index (κ2) is 7.04. The molecule has 148 valence electrons. The van der Waals surface area contributed by atoms with Crippen LogP contribution in [0.15, 0.2) is 69.6 Å². The topological polar surface area (TPSA) is 44.0 Å². The van der Waals surface area contributed by atoms with Gasteiger partial charge in [-0.05, 0) is 47.7 Å². The lowest BCUT2D eigenvalue weighted by Crippen LogP contribution is -2.39. The van der Waals surface area contributed by atoms with Crippen molar-refractivity contribution in [3.63, 3.8) is 0 Å². The van der Waals surface area contributed by atoms with Gasteiger partial charge in [0, 0.05) is 0 Å². The molecule has 0 bridgehead atoms. The zero-order valence-corrected chi connectivity index (χ0v) is 16.1. The monoisotopic (exact) mass is 416 g/mol. The normalized spacial score (nSPS) is 11.9. The molecule has 0 aliphatic rings. The van der Waals surface area contributed by atoms with Gasteiger partial charge in [-0.15, -0.1) is 11.3 Å². The van der Waals surface area contributed by atoms with Crippen molar-refractivity contribution in [2.24, 2.45) is 0 Å². The number of benzene rings is 2. The van der Waals surface area contributed by atoms with Crippen molar-refractivity contribution < 1.29 is 13.2 Å².